The van der Waals surface area contributed by atoms with Crippen molar-refractivity contribution in [3.05, 3.63) is 34.3 Å². The zero-order chi connectivity index (χ0) is 10.4. The quantitative estimate of drug-likeness (QED) is 0.752. The zero-order valence-electron chi connectivity index (χ0n) is 7.97. The number of alkyl halides is 1. The van der Waals surface area contributed by atoms with Gasteiger partial charge in [-0.15, -0.1) is 11.6 Å². The molecular formula is C11H12BrClO. The molecule has 0 aliphatic carbocycles. The summed E-state index contributed by atoms with van der Waals surface area (Å²) in [6.45, 7) is 0. The first-order chi connectivity index (χ1) is 6.77. The van der Waals surface area contributed by atoms with Gasteiger partial charge < -0.3 is 4.74 Å². The van der Waals surface area contributed by atoms with Gasteiger partial charge in [-0.3, -0.25) is 0 Å². The van der Waals surface area contributed by atoms with Crippen LogP contribution in [-0.2, 0) is 0 Å². The molecule has 0 aliphatic heterocycles. The van der Waals surface area contributed by atoms with Crippen LogP contribution in [0.2, 0.25) is 0 Å². The van der Waals surface area contributed by atoms with Gasteiger partial charge in [-0.1, -0.05) is 34.1 Å². The molecule has 0 aromatic heterocycles. The van der Waals surface area contributed by atoms with E-state index < -0.39 is 0 Å². The highest BCUT2D eigenvalue weighted by atomic mass is 79.9. The Morgan fingerprint density at radius 2 is 2.29 bits per heavy atom. The number of methoxy groups -OCH3 is 1. The topological polar surface area (TPSA) is 9.23 Å². The summed E-state index contributed by atoms with van der Waals surface area (Å²) in [4.78, 5) is 0. The van der Waals surface area contributed by atoms with Crippen LogP contribution >= 0.6 is 27.5 Å². The molecule has 0 atom stereocenters. The highest BCUT2D eigenvalue weighted by Crippen LogP contribution is 2.24. The molecule has 1 aromatic rings. The van der Waals surface area contributed by atoms with E-state index in [-0.39, 0.29) is 0 Å². The van der Waals surface area contributed by atoms with E-state index in [0.29, 0.717) is 5.88 Å². The predicted octanol–water partition coefficient (Wildman–Crippen LogP) is 4.10. The van der Waals surface area contributed by atoms with Gasteiger partial charge in [-0.2, -0.15) is 0 Å². The first-order valence-electron chi connectivity index (χ1n) is 4.34. The van der Waals surface area contributed by atoms with Crippen molar-refractivity contribution in [1.82, 2.24) is 0 Å². The van der Waals surface area contributed by atoms with E-state index in [2.05, 4.69) is 15.9 Å². The van der Waals surface area contributed by atoms with Gasteiger partial charge in [0.15, 0.2) is 0 Å². The third kappa shape index (κ3) is 3.35. The molecule has 0 saturated carbocycles. The molecule has 76 valence electrons. The maximum atomic E-state index is 5.58. The Balaban J connectivity index is 2.85. The highest BCUT2D eigenvalue weighted by Gasteiger charge is 1.99. The molecule has 0 saturated heterocycles. The largest absolute Gasteiger partial charge is 0.496 e. The number of benzene rings is 1. The van der Waals surface area contributed by atoms with Crippen LogP contribution in [-0.4, -0.2) is 13.0 Å². The lowest BCUT2D eigenvalue weighted by molar-refractivity contribution is 0.413. The van der Waals surface area contributed by atoms with Crippen molar-refractivity contribution in [1.29, 1.82) is 0 Å². The zero-order valence-corrected chi connectivity index (χ0v) is 10.3. The van der Waals surface area contributed by atoms with Crippen LogP contribution in [0.3, 0.4) is 0 Å². The molecule has 1 rings (SSSR count). The fourth-order valence-electron chi connectivity index (χ4n) is 1.10. The third-order valence-electron chi connectivity index (χ3n) is 1.77. The van der Waals surface area contributed by atoms with E-state index in [4.69, 9.17) is 16.3 Å². The van der Waals surface area contributed by atoms with Crippen molar-refractivity contribution in [3.63, 3.8) is 0 Å². The molecule has 0 heterocycles. The molecule has 0 spiro atoms. The van der Waals surface area contributed by atoms with Crippen LogP contribution in [0.4, 0.5) is 0 Å². The summed E-state index contributed by atoms with van der Waals surface area (Å²) in [5, 5.41) is 0. The minimum atomic E-state index is 0.648. The summed E-state index contributed by atoms with van der Waals surface area (Å²) in [6, 6.07) is 5.94. The molecule has 1 aromatic carbocycles. The first kappa shape index (κ1) is 11.6. The summed E-state index contributed by atoms with van der Waals surface area (Å²) in [7, 11) is 1.67. The van der Waals surface area contributed by atoms with E-state index >= 15 is 0 Å². The van der Waals surface area contributed by atoms with Crippen molar-refractivity contribution in [2.45, 2.75) is 6.42 Å². The maximum Gasteiger partial charge on any atom is 0.127 e. The number of halogens is 2. The molecule has 1 nitrogen and oxygen atoms in total. The monoisotopic (exact) mass is 274 g/mol. The Labute approximate surface area is 97.9 Å². The van der Waals surface area contributed by atoms with E-state index in [1.807, 2.05) is 30.4 Å². The summed E-state index contributed by atoms with van der Waals surface area (Å²) >= 11 is 8.97. The van der Waals surface area contributed by atoms with Crippen LogP contribution in [0.15, 0.2) is 28.7 Å². The highest BCUT2D eigenvalue weighted by molar-refractivity contribution is 9.10. The van der Waals surface area contributed by atoms with Gasteiger partial charge in [0.25, 0.3) is 0 Å². The van der Waals surface area contributed by atoms with Crippen molar-refractivity contribution in [3.8, 4) is 5.75 Å². The number of ether oxygens (including phenoxy) is 1. The Bertz CT molecular complexity index is 323. The van der Waals surface area contributed by atoms with Crippen LogP contribution in [0.5, 0.6) is 5.75 Å². The molecular weight excluding hydrogens is 263 g/mol. The van der Waals surface area contributed by atoms with E-state index in [9.17, 15) is 0 Å². The summed E-state index contributed by atoms with van der Waals surface area (Å²) in [6.07, 6.45) is 4.94. The van der Waals surface area contributed by atoms with Crippen molar-refractivity contribution < 1.29 is 4.74 Å². The minimum Gasteiger partial charge on any atom is -0.496 e. The smallest absolute Gasteiger partial charge is 0.127 e. The number of allylic oxidation sites excluding steroid dienone is 1. The number of hydrogen-bond acceptors (Lipinski definition) is 1. The molecule has 0 bridgehead atoms. The van der Waals surface area contributed by atoms with Crippen molar-refractivity contribution in [2.75, 3.05) is 13.0 Å². The fraction of sp³-hybridized carbons (Fsp3) is 0.273. The lowest BCUT2D eigenvalue weighted by Gasteiger charge is -2.04. The molecule has 0 amide bonds. The Morgan fingerprint density at radius 1 is 1.50 bits per heavy atom. The van der Waals surface area contributed by atoms with E-state index in [1.165, 1.54) is 0 Å². The molecule has 0 radical (unpaired) electrons. The fourth-order valence-corrected chi connectivity index (χ4v) is 1.56. The van der Waals surface area contributed by atoms with Gasteiger partial charge in [0, 0.05) is 15.9 Å². The maximum absolute atomic E-state index is 5.58. The van der Waals surface area contributed by atoms with Crippen molar-refractivity contribution in [2.24, 2.45) is 0 Å². The van der Waals surface area contributed by atoms with E-state index in [1.54, 1.807) is 7.11 Å². The summed E-state index contributed by atoms with van der Waals surface area (Å²) in [5.74, 6) is 1.51. The number of rotatable bonds is 4. The molecule has 3 heteroatoms. The minimum absolute atomic E-state index is 0.648. The van der Waals surface area contributed by atoms with Gasteiger partial charge in [0.05, 0.1) is 7.11 Å². The van der Waals surface area contributed by atoms with Crippen LogP contribution in [0.25, 0.3) is 6.08 Å². The first-order valence-corrected chi connectivity index (χ1v) is 5.66. The Kier molecular flexibility index (Phi) is 5.05. The Morgan fingerprint density at radius 3 is 2.93 bits per heavy atom. The van der Waals surface area contributed by atoms with Gasteiger partial charge in [0.2, 0.25) is 0 Å². The molecule has 0 aliphatic rings. The average molecular weight is 276 g/mol. The van der Waals surface area contributed by atoms with Crippen molar-refractivity contribution >= 4 is 33.6 Å². The van der Waals surface area contributed by atoms with Crippen LogP contribution in [0.1, 0.15) is 12.0 Å². The van der Waals surface area contributed by atoms with Gasteiger partial charge in [0.1, 0.15) is 5.75 Å². The molecule has 14 heavy (non-hydrogen) atoms. The molecule has 0 fully saturated rings. The summed E-state index contributed by atoms with van der Waals surface area (Å²) in [5.41, 5.74) is 1.07. The second-order valence-electron chi connectivity index (χ2n) is 2.77. The molecule has 0 N–H and O–H groups in total. The lowest BCUT2D eigenvalue weighted by Crippen LogP contribution is -1.86. The second-order valence-corrected chi connectivity index (χ2v) is 4.06. The second kappa shape index (κ2) is 6.10. The van der Waals surface area contributed by atoms with Crippen LogP contribution in [0, 0.1) is 0 Å². The normalized spacial score (nSPS) is 10.8. The van der Waals surface area contributed by atoms with Gasteiger partial charge in [-0.25, -0.2) is 0 Å². The lowest BCUT2D eigenvalue weighted by atomic mass is 10.2. The Hall–Kier alpha value is -0.470. The SMILES string of the molecule is COc1cc(Br)ccc1C=CCCCl. The number of hydrogen-bond donors (Lipinski definition) is 0. The standard InChI is InChI=1S/C11H12BrClO/c1-14-11-8-10(12)6-5-9(11)4-2-3-7-13/h2,4-6,8H,3,7H2,1H3. The average Bonchev–Trinajstić information content (AvgIpc) is 2.20. The molecule has 0 unspecified atom stereocenters. The van der Waals surface area contributed by atoms with Gasteiger partial charge >= 0.3 is 0 Å². The third-order valence-corrected chi connectivity index (χ3v) is 2.48. The van der Waals surface area contributed by atoms with Crippen LogP contribution < -0.4 is 4.74 Å². The van der Waals surface area contributed by atoms with Gasteiger partial charge in [-0.05, 0) is 18.6 Å². The predicted molar refractivity (Wildman–Crippen MR) is 65.1 cm³/mol. The van der Waals surface area contributed by atoms with E-state index in [0.717, 1.165) is 22.2 Å². The summed E-state index contributed by atoms with van der Waals surface area (Å²) < 4.78 is 6.26.